The molecule has 0 fully saturated rings. The lowest BCUT2D eigenvalue weighted by atomic mass is 10.1. The molecule has 0 saturated heterocycles. The number of hydrogen-bond donors (Lipinski definition) is 4. The minimum atomic E-state index is -1.12. The maximum absolute atomic E-state index is 11.9. The fraction of sp³-hybridized carbons (Fsp3) is 0.214. The monoisotopic (exact) mass is 289 g/mol. The minimum absolute atomic E-state index is 0.00115. The third-order valence-corrected chi connectivity index (χ3v) is 2.89. The van der Waals surface area contributed by atoms with Crippen LogP contribution >= 0.6 is 0 Å². The summed E-state index contributed by atoms with van der Waals surface area (Å²) < 4.78 is 0. The second-order valence-corrected chi connectivity index (χ2v) is 4.59. The van der Waals surface area contributed by atoms with Crippen LogP contribution in [0.25, 0.3) is 0 Å². The predicted molar refractivity (Wildman–Crippen MR) is 73.7 cm³/mol. The zero-order valence-corrected chi connectivity index (χ0v) is 11.1. The summed E-state index contributed by atoms with van der Waals surface area (Å²) >= 11 is 0. The normalized spacial score (nSPS) is 11.8. The smallest absolute Gasteiger partial charge is 0.326 e. The first-order valence-corrected chi connectivity index (χ1v) is 6.32. The van der Waals surface area contributed by atoms with Crippen LogP contribution in [0.3, 0.4) is 0 Å². The summed E-state index contributed by atoms with van der Waals surface area (Å²) in [6.45, 7) is 0. The van der Waals surface area contributed by atoms with Gasteiger partial charge in [0.05, 0.1) is 12.7 Å². The van der Waals surface area contributed by atoms with E-state index >= 15 is 0 Å². The number of aliphatic carboxylic acids is 1. The van der Waals surface area contributed by atoms with Gasteiger partial charge in [-0.2, -0.15) is 0 Å². The fourth-order valence-electron chi connectivity index (χ4n) is 1.91. The zero-order chi connectivity index (χ0) is 15.2. The van der Waals surface area contributed by atoms with Crippen molar-refractivity contribution < 1.29 is 19.8 Å². The van der Waals surface area contributed by atoms with Crippen LogP contribution in [-0.4, -0.2) is 38.1 Å². The zero-order valence-electron chi connectivity index (χ0n) is 11.1. The molecule has 1 aromatic carbocycles. The molecule has 0 aliphatic rings. The number of carboxylic acid groups (broad SMARTS) is 1. The van der Waals surface area contributed by atoms with Crippen molar-refractivity contribution >= 4 is 11.9 Å². The van der Waals surface area contributed by atoms with E-state index in [4.69, 9.17) is 5.11 Å². The van der Waals surface area contributed by atoms with Crippen molar-refractivity contribution in [2.75, 3.05) is 0 Å². The summed E-state index contributed by atoms with van der Waals surface area (Å²) in [5.41, 5.74) is 1.23. The average molecular weight is 289 g/mol. The second kappa shape index (κ2) is 6.56. The van der Waals surface area contributed by atoms with Crippen LogP contribution in [0.15, 0.2) is 36.8 Å². The van der Waals surface area contributed by atoms with Crippen molar-refractivity contribution in [1.29, 1.82) is 0 Å². The van der Waals surface area contributed by atoms with Crippen LogP contribution < -0.4 is 5.32 Å². The fourth-order valence-corrected chi connectivity index (χ4v) is 1.91. The number of amides is 1. The van der Waals surface area contributed by atoms with Gasteiger partial charge in [-0.15, -0.1) is 0 Å². The summed E-state index contributed by atoms with van der Waals surface area (Å²) in [7, 11) is 0. The Balaban J connectivity index is 1.96. The molecule has 110 valence electrons. The van der Waals surface area contributed by atoms with E-state index in [-0.39, 0.29) is 18.6 Å². The standard InChI is InChI=1S/C14H15N3O4/c18-11-3-1-2-9(4-11)5-13(19)17-12(14(20)21)6-10-7-15-8-16-10/h1-4,7-8,12,18H,5-6H2,(H,15,16)(H,17,19)(H,20,21)/t12-/m0/s1. The number of carbonyl (C=O) groups excluding carboxylic acids is 1. The Kier molecular flexibility index (Phi) is 4.55. The number of phenolic OH excluding ortho intramolecular Hbond substituents is 1. The SMILES string of the molecule is O=C(Cc1cccc(O)c1)N[C@@H](Cc1cnc[nH]1)C(=O)O. The van der Waals surface area contributed by atoms with Gasteiger partial charge < -0.3 is 20.5 Å². The van der Waals surface area contributed by atoms with E-state index in [1.54, 1.807) is 12.1 Å². The lowest BCUT2D eigenvalue weighted by molar-refractivity contribution is -0.141. The number of H-pyrrole nitrogens is 1. The molecule has 0 saturated carbocycles. The topological polar surface area (TPSA) is 115 Å². The molecule has 7 nitrogen and oxygen atoms in total. The van der Waals surface area contributed by atoms with Crippen LogP contribution in [0.4, 0.5) is 0 Å². The molecule has 0 spiro atoms. The summed E-state index contributed by atoms with van der Waals surface area (Å²) in [4.78, 5) is 29.7. The predicted octanol–water partition coefficient (Wildman–Crippen LogP) is 0.470. The van der Waals surface area contributed by atoms with E-state index in [9.17, 15) is 14.7 Å². The molecule has 1 amide bonds. The van der Waals surface area contributed by atoms with Gasteiger partial charge in [0, 0.05) is 18.3 Å². The van der Waals surface area contributed by atoms with Crippen LogP contribution in [0.1, 0.15) is 11.3 Å². The molecule has 0 radical (unpaired) electrons. The largest absolute Gasteiger partial charge is 0.508 e. The van der Waals surface area contributed by atoms with E-state index in [1.165, 1.54) is 24.7 Å². The highest BCUT2D eigenvalue weighted by Crippen LogP contribution is 2.11. The second-order valence-electron chi connectivity index (χ2n) is 4.59. The van der Waals surface area contributed by atoms with Crippen molar-refractivity contribution in [3.63, 3.8) is 0 Å². The Morgan fingerprint density at radius 1 is 1.38 bits per heavy atom. The van der Waals surface area contributed by atoms with Gasteiger partial charge in [0.2, 0.25) is 5.91 Å². The summed E-state index contributed by atoms with van der Waals surface area (Å²) in [5.74, 6) is -1.48. The lowest BCUT2D eigenvalue weighted by Gasteiger charge is -2.13. The van der Waals surface area contributed by atoms with Gasteiger partial charge in [0.15, 0.2) is 0 Å². The molecule has 0 bridgehead atoms. The van der Waals surface area contributed by atoms with E-state index in [0.29, 0.717) is 11.3 Å². The molecular formula is C14H15N3O4. The van der Waals surface area contributed by atoms with Gasteiger partial charge in [-0.1, -0.05) is 12.1 Å². The van der Waals surface area contributed by atoms with Crippen molar-refractivity contribution in [3.05, 3.63) is 48.0 Å². The van der Waals surface area contributed by atoms with Gasteiger partial charge in [-0.3, -0.25) is 4.79 Å². The van der Waals surface area contributed by atoms with Gasteiger partial charge in [0.25, 0.3) is 0 Å². The van der Waals surface area contributed by atoms with Gasteiger partial charge in [0.1, 0.15) is 11.8 Å². The number of phenols is 1. The molecule has 4 N–H and O–H groups in total. The molecule has 0 aliphatic heterocycles. The van der Waals surface area contributed by atoms with Crippen LogP contribution in [0.2, 0.25) is 0 Å². The number of rotatable bonds is 6. The maximum Gasteiger partial charge on any atom is 0.326 e. The first-order chi connectivity index (χ1) is 10.0. The molecule has 0 aliphatic carbocycles. The first kappa shape index (κ1) is 14.6. The number of aromatic amines is 1. The van der Waals surface area contributed by atoms with Gasteiger partial charge in [-0.05, 0) is 17.7 Å². The average Bonchev–Trinajstić information content (AvgIpc) is 2.90. The molecular weight excluding hydrogens is 274 g/mol. The Hall–Kier alpha value is -2.83. The highest BCUT2D eigenvalue weighted by molar-refractivity contribution is 5.85. The van der Waals surface area contributed by atoms with Gasteiger partial charge in [-0.25, -0.2) is 9.78 Å². The Morgan fingerprint density at radius 3 is 2.81 bits per heavy atom. The Labute approximate surface area is 120 Å². The summed E-state index contributed by atoms with van der Waals surface area (Å²) in [6.07, 6.45) is 3.09. The maximum atomic E-state index is 11.9. The van der Waals surface area contributed by atoms with Crippen molar-refractivity contribution in [2.24, 2.45) is 0 Å². The first-order valence-electron chi connectivity index (χ1n) is 6.32. The summed E-state index contributed by atoms with van der Waals surface area (Å²) in [6, 6.07) is 5.24. The van der Waals surface area contributed by atoms with Crippen LogP contribution in [0, 0.1) is 0 Å². The van der Waals surface area contributed by atoms with Crippen molar-refractivity contribution in [1.82, 2.24) is 15.3 Å². The number of benzene rings is 1. The highest BCUT2D eigenvalue weighted by atomic mass is 16.4. The molecule has 1 aromatic heterocycles. The molecule has 0 unspecified atom stereocenters. The number of aromatic hydroxyl groups is 1. The molecule has 7 heteroatoms. The molecule has 1 atom stereocenters. The minimum Gasteiger partial charge on any atom is -0.508 e. The molecule has 1 heterocycles. The number of carbonyl (C=O) groups is 2. The van der Waals surface area contributed by atoms with Crippen LogP contribution in [-0.2, 0) is 22.4 Å². The van der Waals surface area contributed by atoms with E-state index in [1.807, 2.05) is 0 Å². The molecule has 2 aromatic rings. The number of nitrogens with one attached hydrogen (secondary N) is 2. The van der Waals surface area contributed by atoms with Crippen molar-refractivity contribution in [3.8, 4) is 5.75 Å². The third kappa shape index (κ3) is 4.34. The summed E-state index contributed by atoms with van der Waals surface area (Å²) in [5, 5.41) is 20.9. The Bertz CT molecular complexity index is 625. The number of hydrogen-bond acceptors (Lipinski definition) is 4. The third-order valence-electron chi connectivity index (χ3n) is 2.89. The highest BCUT2D eigenvalue weighted by Gasteiger charge is 2.21. The van der Waals surface area contributed by atoms with Crippen LogP contribution in [0.5, 0.6) is 5.75 Å². The molecule has 21 heavy (non-hydrogen) atoms. The number of imidazole rings is 1. The van der Waals surface area contributed by atoms with Crippen molar-refractivity contribution in [2.45, 2.75) is 18.9 Å². The number of aromatic nitrogens is 2. The Morgan fingerprint density at radius 2 is 2.19 bits per heavy atom. The quantitative estimate of drug-likeness (QED) is 0.617. The van der Waals surface area contributed by atoms with E-state index in [0.717, 1.165) is 0 Å². The number of carboxylic acids is 1. The number of nitrogens with zero attached hydrogens (tertiary/aromatic N) is 1. The lowest BCUT2D eigenvalue weighted by Crippen LogP contribution is -2.43. The molecule has 2 rings (SSSR count). The van der Waals surface area contributed by atoms with Gasteiger partial charge >= 0.3 is 5.97 Å². The van der Waals surface area contributed by atoms with E-state index in [2.05, 4.69) is 15.3 Å². The van der Waals surface area contributed by atoms with E-state index < -0.39 is 17.9 Å².